The van der Waals surface area contributed by atoms with Crippen molar-refractivity contribution in [2.24, 2.45) is 16.9 Å². The van der Waals surface area contributed by atoms with Crippen LogP contribution in [-0.4, -0.2) is 16.8 Å². The predicted octanol–water partition coefficient (Wildman–Crippen LogP) is -0.474. The SMILES string of the molecule is NC(=O)C1(C(N)=O)CC1c1ccccn1. The fourth-order valence-corrected chi connectivity index (χ4v) is 1.87. The summed E-state index contributed by atoms with van der Waals surface area (Å²) in [6, 6.07) is 5.33. The molecular weight excluding hydrogens is 194 g/mol. The Bertz CT molecular complexity index is 402. The number of amides is 2. The Hall–Kier alpha value is -1.91. The van der Waals surface area contributed by atoms with Gasteiger partial charge in [-0.25, -0.2) is 0 Å². The van der Waals surface area contributed by atoms with E-state index in [1.165, 1.54) is 0 Å². The summed E-state index contributed by atoms with van der Waals surface area (Å²) < 4.78 is 0. The standard InChI is InChI=1S/C10H11N3O2/c11-8(14)10(9(12)15)5-6(10)7-3-1-2-4-13-7/h1-4,6H,5H2,(H2,11,14)(H2,12,15). The predicted molar refractivity (Wildman–Crippen MR) is 52.4 cm³/mol. The van der Waals surface area contributed by atoms with E-state index in [0.29, 0.717) is 12.1 Å². The molecule has 15 heavy (non-hydrogen) atoms. The summed E-state index contributed by atoms with van der Waals surface area (Å²) in [6.07, 6.45) is 1.98. The number of aromatic nitrogens is 1. The summed E-state index contributed by atoms with van der Waals surface area (Å²) in [7, 11) is 0. The van der Waals surface area contributed by atoms with E-state index in [1.807, 2.05) is 0 Å². The van der Waals surface area contributed by atoms with E-state index >= 15 is 0 Å². The lowest BCUT2D eigenvalue weighted by molar-refractivity contribution is -0.133. The fraction of sp³-hybridized carbons (Fsp3) is 0.300. The minimum absolute atomic E-state index is 0.256. The largest absolute Gasteiger partial charge is 0.369 e. The smallest absolute Gasteiger partial charge is 0.233 e. The van der Waals surface area contributed by atoms with Crippen LogP contribution in [0.4, 0.5) is 0 Å². The summed E-state index contributed by atoms with van der Waals surface area (Å²) in [5.74, 6) is -1.58. The number of rotatable bonds is 3. The second kappa shape index (κ2) is 3.05. The van der Waals surface area contributed by atoms with Gasteiger partial charge in [-0.2, -0.15) is 0 Å². The number of nitrogens with two attached hydrogens (primary N) is 2. The van der Waals surface area contributed by atoms with Crippen molar-refractivity contribution in [2.75, 3.05) is 0 Å². The minimum atomic E-state index is -1.21. The molecule has 1 aromatic rings. The topological polar surface area (TPSA) is 99.1 Å². The maximum atomic E-state index is 11.2. The van der Waals surface area contributed by atoms with Crippen molar-refractivity contribution in [1.29, 1.82) is 0 Å². The quantitative estimate of drug-likeness (QED) is 0.652. The molecular formula is C10H11N3O2. The van der Waals surface area contributed by atoms with Gasteiger partial charge in [0.2, 0.25) is 11.8 Å². The van der Waals surface area contributed by atoms with Crippen molar-refractivity contribution in [2.45, 2.75) is 12.3 Å². The molecule has 0 aliphatic heterocycles. The van der Waals surface area contributed by atoms with Crippen molar-refractivity contribution < 1.29 is 9.59 Å². The molecule has 1 aliphatic rings. The monoisotopic (exact) mass is 205 g/mol. The molecule has 1 unspecified atom stereocenters. The highest BCUT2D eigenvalue weighted by molar-refractivity contribution is 6.08. The zero-order chi connectivity index (χ0) is 11.1. The molecule has 1 atom stereocenters. The van der Waals surface area contributed by atoms with Gasteiger partial charge in [0, 0.05) is 17.8 Å². The first kappa shape index (κ1) is 9.64. The molecule has 78 valence electrons. The zero-order valence-corrected chi connectivity index (χ0v) is 8.01. The highest BCUT2D eigenvalue weighted by Crippen LogP contribution is 2.58. The van der Waals surface area contributed by atoms with E-state index < -0.39 is 17.2 Å². The maximum Gasteiger partial charge on any atom is 0.233 e. The van der Waals surface area contributed by atoms with Gasteiger partial charge < -0.3 is 11.5 Å². The average Bonchev–Trinajstić information content (AvgIpc) is 2.95. The summed E-state index contributed by atoms with van der Waals surface area (Å²) >= 11 is 0. The van der Waals surface area contributed by atoms with Gasteiger partial charge in [0.25, 0.3) is 0 Å². The van der Waals surface area contributed by atoms with Gasteiger partial charge in [-0.3, -0.25) is 14.6 Å². The van der Waals surface area contributed by atoms with Gasteiger partial charge in [-0.15, -0.1) is 0 Å². The highest BCUT2D eigenvalue weighted by Gasteiger charge is 2.65. The van der Waals surface area contributed by atoms with Gasteiger partial charge in [0.1, 0.15) is 5.41 Å². The second-order valence-corrected chi connectivity index (χ2v) is 3.71. The number of carbonyl (C=O) groups excluding carboxylic acids is 2. The summed E-state index contributed by atoms with van der Waals surface area (Å²) in [5.41, 5.74) is 9.86. The minimum Gasteiger partial charge on any atom is -0.369 e. The zero-order valence-electron chi connectivity index (χ0n) is 8.01. The van der Waals surface area contributed by atoms with Crippen molar-refractivity contribution in [1.82, 2.24) is 4.98 Å². The van der Waals surface area contributed by atoms with Crippen LogP contribution in [0, 0.1) is 5.41 Å². The Labute approximate surface area is 86.5 Å². The maximum absolute atomic E-state index is 11.2. The van der Waals surface area contributed by atoms with Crippen LogP contribution in [0.1, 0.15) is 18.0 Å². The highest BCUT2D eigenvalue weighted by atomic mass is 16.2. The van der Waals surface area contributed by atoms with E-state index in [0.717, 1.165) is 0 Å². The third-order valence-electron chi connectivity index (χ3n) is 2.89. The number of nitrogens with zero attached hydrogens (tertiary/aromatic N) is 1. The lowest BCUT2D eigenvalue weighted by Crippen LogP contribution is -2.38. The molecule has 1 aromatic heterocycles. The van der Waals surface area contributed by atoms with Gasteiger partial charge in [-0.05, 0) is 18.6 Å². The number of hydrogen-bond acceptors (Lipinski definition) is 3. The van der Waals surface area contributed by atoms with Crippen LogP contribution in [0.3, 0.4) is 0 Å². The summed E-state index contributed by atoms with van der Waals surface area (Å²) in [4.78, 5) is 26.5. The molecule has 0 bridgehead atoms. The Balaban J connectivity index is 2.31. The molecule has 0 saturated heterocycles. The normalized spacial score (nSPS) is 22.0. The molecule has 0 aromatic carbocycles. The third-order valence-corrected chi connectivity index (χ3v) is 2.89. The number of carbonyl (C=O) groups is 2. The molecule has 2 amide bonds. The third kappa shape index (κ3) is 1.27. The summed E-state index contributed by atoms with van der Waals surface area (Å²) in [5, 5.41) is 0. The first-order valence-corrected chi connectivity index (χ1v) is 4.60. The van der Waals surface area contributed by atoms with Crippen LogP contribution in [-0.2, 0) is 9.59 Å². The van der Waals surface area contributed by atoms with Gasteiger partial charge >= 0.3 is 0 Å². The number of pyridine rings is 1. The lowest BCUT2D eigenvalue weighted by atomic mass is 10.0. The van der Waals surface area contributed by atoms with Crippen LogP contribution in [0.15, 0.2) is 24.4 Å². The molecule has 1 fully saturated rings. The van der Waals surface area contributed by atoms with Gasteiger partial charge in [-0.1, -0.05) is 6.07 Å². The Kier molecular flexibility index (Phi) is 1.96. The molecule has 1 aliphatic carbocycles. The first-order chi connectivity index (χ1) is 7.09. The van der Waals surface area contributed by atoms with Crippen LogP contribution in [0.25, 0.3) is 0 Å². The van der Waals surface area contributed by atoms with Crippen molar-refractivity contribution >= 4 is 11.8 Å². The number of hydrogen-bond donors (Lipinski definition) is 2. The fourth-order valence-electron chi connectivity index (χ4n) is 1.87. The first-order valence-electron chi connectivity index (χ1n) is 4.60. The van der Waals surface area contributed by atoms with E-state index in [-0.39, 0.29) is 5.92 Å². The van der Waals surface area contributed by atoms with Crippen molar-refractivity contribution in [3.63, 3.8) is 0 Å². The van der Waals surface area contributed by atoms with Crippen LogP contribution in [0.2, 0.25) is 0 Å². The Morgan fingerprint density at radius 2 is 2.00 bits per heavy atom. The van der Waals surface area contributed by atoms with Crippen LogP contribution in [0.5, 0.6) is 0 Å². The van der Waals surface area contributed by atoms with Crippen molar-refractivity contribution in [3.05, 3.63) is 30.1 Å². The summed E-state index contributed by atoms with van der Waals surface area (Å²) in [6.45, 7) is 0. The lowest BCUT2D eigenvalue weighted by Gasteiger charge is -2.07. The molecule has 0 spiro atoms. The second-order valence-electron chi connectivity index (χ2n) is 3.71. The van der Waals surface area contributed by atoms with Gasteiger partial charge in [0.15, 0.2) is 0 Å². The Morgan fingerprint density at radius 3 is 2.40 bits per heavy atom. The molecule has 0 radical (unpaired) electrons. The molecule has 1 saturated carbocycles. The molecule has 5 heteroatoms. The Morgan fingerprint density at radius 1 is 1.33 bits per heavy atom. The molecule has 2 rings (SSSR count). The van der Waals surface area contributed by atoms with E-state index in [1.54, 1.807) is 24.4 Å². The van der Waals surface area contributed by atoms with Gasteiger partial charge in [0.05, 0.1) is 0 Å². The molecule has 1 heterocycles. The van der Waals surface area contributed by atoms with Crippen molar-refractivity contribution in [3.8, 4) is 0 Å². The van der Waals surface area contributed by atoms with E-state index in [4.69, 9.17) is 11.5 Å². The average molecular weight is 205 g/mol. The molecule has 5 nitrogen and oxygen atoms in total. The van der Waals surface area contributed by atoms with Crippen LogP contribution < -0.4 is 11.5 Å². The molecule has 4 N–H and O–H groups in total. The van der Waals surface area contributed by atoms with E-state index in [9.17, 15) is 9.59 Å². The number of primary amides is 2. The van der Waals surface area contributed by atoms with Crippen LogP contribution >= 0.6 is 0 Å². The van der Waals surface area contributed by atoms with E-state index in [2.05, 4.69) is 4.98 Å².